The molecule has 3 aliphatic rings. The zero-order valence-corrected chi connectivity index (χ0v) is 16.1. The van der Waals surface area contributed by atoms with E-state index in [0.717, 1.165) is 43.0 Å². The van der Waals surface area contributed by atoms with Crippen LogP contribution in [0.15, 0.2) is 36.4 Å². The molecule has 0 bridgehead atoms. The molecule has 1 unspecified atom stereocenters. The lowest BCUT2D eigenvalue weighted by Gasteiger charge is -2.24. The first kappa shape index (κ1) is 17.6. The van der Waals surface area contributed by atoms with Crippen LogP contribution in [0.3, 0.4) is 0 Å². The Balaban J connectivity index is 1.26. The van der Waals surface area contributed by atoms with Crippen LogP contribution in [0.2, 0.25) is 0 Å². The van der Waals surface area contributed by atoms with E-state index in [1.54, 1.807) is 0 Å². The predicted octanol–water partition coefficient (Wildman–Crippen LogP) is 2.30. The molecule has 0 saturated carbocycles. The molecule has 5 heteroatoms. The first-order valence-corrected chi connectivity index (χ1v) is 10.4. The summed E-state index contributed by atoms with van der Waals surface area (Å²) in [7, 11) is 0. The third-order valence-electron chi connectivity index (χ3n) is 6.22. The maximum atomic E-state index is 12.7. The normalized spacial score (nSPS) is 22.7. The molecule has 1 amide bonds. The van der Waals surface area contributed by atoms with Crippen molar-refractivity contribution < 1.29 is 19.2 Å². The summed E-state index contributed by atoms with van der Waals surface area (Å²) in [6.45, 7) is 2.73. The van der Waals surface area contributed by atoms with Gasteiger partial charge in [0, 0.05) is 24.1 Å². The van der Waals surface area contributed by atoms with Crippen molar-refractivity contribution in [3.63, 3.8) is 0 Å². The van der Waals surface area contributed by atoms with Crippen molar-refractivity contribution in [1.82, 2.24) is 0 Å². The molecule has 1 saturated heterocycles. The second-order valence-corrected chi connectivity index (χ2v) is 8.07. The maximum Gasteiger partial charge on any atom is 0.279 e. The van der Waals surface area contributed by atoms with Crippen LogP contribution >= 0.6 is 0 Å². The summed E-state index contributed by atoms with van der Waals surface area (Å²) in [5.74, 6) is 1.75. The molecule has 1 fully saturated rings. The lowest BCUT2D eigenvalue weighted by atomic mass is 10.0. The fourth-order valence-corrected chi connectivity index (χ4v) is 4.86. The number of nitrogens with one attached hydrogen (secondary N) is 2. The number of anilines is 1. The molecule has 2 aromatic carbocycles. The van der Waals surface area contributed by atoms with E-state index in [1.807, 2.05) is 12.1 Å². The van der Waals surface area contributed by atoms with Gasteiger partial charge in [-0.15, -0.1) is 0 Å². The molecule has 2 aliphatic heterocycles. The van der Waals surface area contributed by atoms with Crippen LogP contribution in [-0.4, -0.2) is 32.2 Å². The molecular weight excluding hydrogens is 352 g/mol. The van der Waals surface area contributed by atoms with Crippen LogP contribution < -0.4 is 19.7 Å². The summed E-state index contributed by atoms with van der Waals surface area (Å²) in [6.07, 6.45) is 5.75. The van der Waals surface area contributed by atoms with E-state index >= 15 is 0 Å². The van der Waals surface area contributed by atoms with Crippen molar-refractivity contribution in [2.45, 2.75) is 38.1 Å². The van der Waals surface area contributed by atoms with E-state index in [2.05, 4.69) is 29.6 Å². The minimum absolute atomic E-state index is 0.0948. The van der Waals surface area contributed by atoms with Crippen molar-refractivity contribution in [3.8, 4) is 11.5 Å². The Morgan fingerprint density at radius 3 is 2.79 bits per heavy atom. The first-order valence-electron chi connectivity index (χ1n) is 10.4. The zero-order valence-electron chi connectivity index (χ0n) is 16.1. The molecular formula is C23H27N2O3+. The van der Waals surface area contributed by atoms with Crippen molar-refractivity contribution in [1.29, 1.82) is 0 Å². The van der Waals surface area contributed by atoms with Crippen LogP contribution in [0.1, 0.15) is 42.0 Å². The molecule has 0 spiro atoms. The van der Waals surface area contributed by atoms with Crippen LogP contribution in [0.25, 0.3) is 0 Å². The van der Waals surface area contributed by atoms with Gasteiger partial charge in [-0.1, -0.05) is 6.07 Å². The topological polar surface area (TPSA) is 52.0 Å². The first-order chi connectivity index (χ1) is 13.8. The van der Waals surface area contributed by atoms with Crippen molar-refractivity contribution in [2.75, 3.05) is 31.6 Å². The standard InChI is InChI=1S/C23H26N2O3/c26-23(24-19-8-6-16-3-1-4-17(16)13-19)15-25-10-2-5-20(25)18-7-9-21-22(14-18)28-12-11-27-21/h6-9,13-14,20H,1-5,10-12,15H2,(H,24,26)/p+1/t20-/m0/s1. The highest BCUT2D eigenvalue weighted by Crippen LogP contribution is 2.33. The van der Waals surface area contributed by atoms with Gasteiger partial charge in [-0.25, -0.2) is 0 Å². The number of quaternary nitrogens is 1. The molecule has 0 aromatic heterocycles. The molecule has 28 heavy (non-hydrogen) atoms. The van der Waals surface area contributed by atoms with Gasteiger partial charge in [0.05, 0.1) is 6.54 Å². The summed E-state index contributed by atoms with van der Waals surface area (Å²) in [5, 5.41) is 3.12. The average molecular weight is 379 g/mol. The Morgan fingerprint density at radius 1 is 1.00 bits per heavy atom. The summed E-state index contributed by atoms with van der Waals surface area (Å²) in [5.41, 5.74) is 4.99. The number of fused-ring (bicyclic) bond motifs is 2. The number of benzene rings is 2. The highest BCUT2D eigenvalue weighted by molar-refractivity contribution is 5.91. The van der Waals surface area contributed by atoms with E-state index in [0.29, 0.717) is 25.8 Å². The fourth-order valence-electron chi connectivity index (χ4n) is 4.86. The molecule has 146 valence electrons. The lowest BCUT2D eigenvalue weighted by molar-refractivity contribution is -0.910. The highest BCUT2D eigenvalue weighted by Gasteiger charge is 2.32. The van der Waals surface area contributed by atoms with Gasteiger partial charge in [0.1, 0.15) is 19.3 Å². The minimum atomic E-state index is 0.0948. The number of hydrogen-bond donors (Lipinski definition) is 2. The number of likely N-dealkylation sites (tertiary alicyclic amines) is 1. The number of amides is 1. The molecule has 2 N–H and O–H groups in total. The molecule has 2 atom stereocenters. The van der Waals surface area contributed by atoms with E-state index in [-0.39, 0.29) is 5.91 Å². The van der Waals surface area contributed by atoms with Gasteiger partial charge >= 0.3 is 0 Å². The van der Waals surface area contributed by atoms with Gasteiger partial charge in [0.25, 0.3) is 5.91 Å². The SMILES string of the molecule is O=C(C[NH+]1CCC[C@H]1c1ccc2c(c1)OCCO2)Nc1ccc2c(c1)CCC2. The van der Waals surface area contributed by atoms with Gasteiger partial charge in [-0.05, 0) is 60.7 Å². The minimum Gasteiger partial charge on any atom is -0.486 e. The van der Waals surface area contributed by atoms with Crippen LogP contribution in [0.4, 0.5) is 5.69 Å². The summed E-state index contributed by atoms with van der Waals surface area (Å²) in [4.78, 5) is 14.0. The van der Waals surface area contributed by atoms with Crippen molar-refractivity contribution >= 4 is 11.6 Å². The molecule has 5 rings (SSSR count). The maximum absolute atomic E-state index is 12.7. The average Bonchev–Trinajstić information content (AvgIpc) is 3.36. The monoisotopic (exact) mass is 379 g/mol. The highest BCUT2D eigenvalue weighted by atomic mass is 16.6. The molecule has 2 heterocycles. The predicted molar refractivity (Wildman–Crippen MR) is 107 cm³/mol. The summed E-state index contributed by atoms with van der Waals surface area (Å²) < 4.78 is 11.4. The number of ether oxygens (including phenoxy) is 2. The number of carbonyl (C=O) groups excluding carboxylic acids is 1. The lowest BCUT2D eigenvalue weighted by Crippen LogP contribution is -3.11. The van der Waals surface area contributed by atoms with Crippen molar-refractivity contribution in [2.24, 2.45) is 0 Å². The van der Waals surface area contributed by atoms with Crippen molar-refractivity contribution in [3.05, 3.63) is 53.1 Å². The van der Waals surface area contributed by atoms with Gasteiger partial charge < -0.3 is 19.7 Å². The van der Waals surface area contributed by atoms with Crippen LogP contribution in [0, 0.1) is 0 Å². The number of aryl methyl sites for hydroxylation is 2. The van der Waals surface area contributed by atoms with E-state index < -0.39 is 0 Å². The Labute approximate surface area is 165 Å². The van der Waals surface area contributed by atoms with E-state index in [1.165, 1.54) is 34.4 Å². The number of hydrogen-bond acceptors (Lipinski definition) is 3. The molecule has 0 radical (unpaired) electrons. The summed E-state index contributed by atoms with van der Waals surface area (Å²) in [6, 6.07) is 12.9. The smallest absolute Gasteiger partial charge is 0.279 e. The Morgan fingerprint density at radius 2 is 1.86 bits per heavy atom. The quantitative estimate of drug-likeness (QED) is 0.857. The fraction of sp³-hybridized carbons (Fsp3) is 0.435. The van der Waals surface area contributed by atoms with Crippen LogP contribution in [0.5, 0.6) is 11.5 Å². The van der Waals surface area contributed by atoms with Gasteiger partial charge in [-0.2, -0.15) is 0 Å². The molecule has 2 aromatic rings. The van der Waals surface area contributed by atoms with Crippen LogP contribution in [-0.2, 0) is 17.6 Å². The van der Waals surface area contributed by atoms with Gasteiger partial charge in [-0.3, -0.25) is 4.79 Å². The molecule has 5 nitrogen and oxygen atoms in total. The Hall–Kier alpha value is -2.53. The van der Waals surface area contributed by atoms with Gasteiger partial charge in [0.15, 0.2) is 18.0 Å². The number of carbonyl (C=O) groups is 1. The Bertz CT molecular complexity index is 895. The number of rotatable bonds is 4. The summed E-state index contributed by atoms with van der Waals surface area (Å²) >= 11 is 0. The van der Waals surface area contributed by atoms with E-state index in [9.17, 15) is 4.79 Å². The van der Waals surface area contributed by atoms with Gasteiger partial charge in [0.2, 0.25) is 0 Å². The largest absolute Gasteiger partial charge is 0.486 e. The van der Waals surface area contributed by atoms with E-state index in [4.69, 9.17) is 9.47 Å². The second kappa shape index (κ2) is 7.47. The zero-order chi connectivity index (χ0) is 18.9. The second-order valence-electron chi connectivity index (χ2n) is 8.07. The third kappa shape index (κ3) is 3.47. The third-order valence-corrected chi connectivity index (χ3v) is 6.22. The molecule has 1 aliphatic carbocycles. The Kier molecular flexibility index (Phi) is 4.69.